The van der Waals surface area contributed by atoms with Crippen molar-refractivity contribution in [2.75, 3.05) is 18.2 Å². The van der Waals surface area contributed by atoms with Crippen LogP contribution in [-0.2, 0) is 0 Å². The average molecular weight is 383 g/mol. The maximum Gasteiger partial charge on any atom is 0.325 e. The van der Waals surface area contributed by atoms with Crippen LogP contribution in [0.5, 0.6) is 5.75 Å². The molecule has 2 aromatic rings. The molecule has 0 atom stereocenters. The Bertz CT molecular complexity index is 889. The van der Waals surface area contributed by atoms with E-state index >= 15 is 0 Å². The number of nitrogens with one attached hydrogen (secondary N) is 1. The van der Waals surface area contributed by atoms with Gasteiger partial charge < -0.3 is 15.8 Å². The average Bonchev–Trinajstić information content (AvgIpc) is 2.70. The van der Waals surface area contributed by atoms with Crippen molar-refractivity contribution in [2.24, 2.45) is 4.99 Å². The Morgan fingerprint density at radius 1 is 1.32 bits per heavy atom. The maximum atomic E-state index is 12.6. The van der Waals surface area contributed by atoms with Crippen LogP contribution in [0.4, 0.5) is 11.4 Å². The number of nitrogen functional groups attached to an aromatic ring is 1. The van der Waals surface area contributed by atoms with Gasteiger partial charge >= 0.3 is 11.6 Å². The van der Waals surface area contributed by atoms with E-state index in [0.29, 0.717) is 28.9 Å². The number of benzene rings is 1. The highest BCUT2D eigenvalue weighted by Gasteiger charge is 2.23. The fourth-order valence-corrected chi connectivity index (χ4v) is 3.37. The number of nitrogens with zero attached hydrogens (tertiary/aromatic N) is 2. The van der Waals surface area contributed by atoms with E-state index in [4.69, 9.17) is 10.5 Å². The van der Waals surface area contributed by atoms with Gasteiger partial charge in [0.25, 0.3) is 0 Å². The Hall–Kier alpha value is -3.09. The fourth-order valence-electron chi connectivity index (χ4n) is 3.37. The SMILES string of the molecule is COc1cc(N)c(C=NC2CCCCC2)cc1NC(=O)c1cccc(C)[n+]1O. The Morgan fingerprint density at radius 2 is 2.07 bits per heavy atom. The number of anilines is 2. The summed E-state index contributed by atoms with van der Waals surface area (Å²) in [5, 5.41) is 12.9. The minimum atomic E-state index is -0.454. The van der Waals surface area contributed by atoms with E-state index in [2.05, 4.69) is 10.3 Å². The fraction of sp³-hybridized carbons (Fsp3) is 0.381. The second-order valence-corrected chi connectivity index (χ2v) is 7.07. The van der Waals surface area contributed by atoms with E-state index < -0.39 is 5.91 Å². The van der Waals surface area contributed by atoms with Gasteiger partial charge in [-0.25, -0.2) is 0 Å². The standard InChI is InChI=1S/C21H26N4O3/c1-14-7-6-10-19(25(14)27)21(26)24-18-11-15(17(22)12-20(18)28-2)13-23-16-8-4-3-5-9-16/h6-7,10-13,16,22,26-27H,3-5,8-9H2,1-2H3/p+1. The number of hydrogen-bond acceptors (Lipinski definition) is 5. The van der Waals surface area contributed by atoms with Crippen molar-refractivity contribution >= 4 is 23.5 Å². The van der Waals surface area contributed by atoms with E-state index in [1.807, 2.05) is 0 Å². The predicted octanol–water partition coefficient (Wildman–Crippen LogP) is 3.11. The molecule has 1 aliphatic carbocycles. The lowest BCUT2D eigenvalue weighted by Crippen LogP contribution is -2.42. The lowest BCUT2D eigenvalue weighted by atomic mass is 9.96. The molecule has 1 aliphatic rings. The summed E-state index contributed by atoms with van der Waals surface area (Å²) in [4.78, 5) is 17.3. The molecule has 0 unspecified atom stereocenters. The number of aromatic nitrogens is 1. The summed E-state index contributed by atoms with van der Waals surface area (Å²) >= 11 is 0. The molecule has 1 saturated carbocycles. The van der Waals surface area contributed by atoms with Crippen LogP contribution in [0.2, 0.25) is 0 Å². The first-order valence-corrected chi connectivity index (χ1v) is 9.52. The molecule has 0 radical (unpaired) electrons. The van der Waals surface area contributed by atoms with E-state index in [9.17, 15) is 10.0 Å². The minimum absolute atomic E-state index is 0.122. The third-order valence-corrected chi connectivity index (χ3v) is 5.04. The van der Waals surface area contributed by atoms with E-state index in [1.54, 1.807) is 37.4 Å². The van der Waals surface area contributed by atoms with Crippen LogP contribution in [0, 0.1) is 6.92 Å². The van der Waals surface area contributed by atoms with Gasteiger partial charge in [-0.05, 0) is 25.0 Å². The number of ether oxygens (including phenoxy) is 1. The van der Waals surface area contributed by atoms with E-state index in [1.165, 1.54) is 32.4 Å². The number of methoxy groups -OCH3 is 1. The summed E-state index contributed by atoms with van der Waals surface area (Å²) in [6.07, 6.45) is 7.66. The molecule has 0 saturated heterocycles. The van der Waals surface area contributed by atoms with Gasteiger partial charge in [-0.15, -0.1) is 0 Å². The molecule has 1 heterocycles. The van der Waals surface area contributed by atoms with Gasteiger partial charge in [0.15, 0.2) is 0 Å². The first kappa shape index (κ1) is 19.7. The third-order valence-electron chi connectivity index (χ3n) is 5.04. The van der Waals surface area contributed by atoms with Crippen molar-refractivity contribution in [3.05, 3.63) is 47.3 Å². The zero-order valence-electron chi connectivity index (χ0n) is 16.3. The third kappa shape index (κ3) is 4.42. The second-order valence-electron chi connectivity index (χ2n) is 7.07. The molecule has 28 heavy (non-hydrogen) atoms. The van der Waals surface area contributed by atoms with Crippen molar-refractivity contribution in [1.29, 1.82) is 0 Å². The quantitative estimate of drug-likeness (QED) is 0.320. The molecule has 1 fully saturated rings. The van der Waals surface area contributed by atoms with Crippen LogP contribution in [0.25, 0.3) is 0 Å². The summed E-state index contributed by atoms with van der Waals surface area (Å²) < 4.78 is 6.21. The van der Waals surface area contributed by atoms with Gasteiger partial charge in [-0.3, -0.25) is 15.0 Å². The minimum Gasteiger partial charge on any atom is -0.494 e. The van der Waals surface area contributed by atoms with Crippen LogP contribution in [0.1, 0.15) is 53.8 Å². The highest BCUT2D eigenvalue weighted by Crippen LogP contribution is 2.30. The summed E-state index contributed by atoms with van der Waals surface area (Å²) in [5.74, 6) is -0.0118. The highest BCUT2D eigenvalue weighted by atomic mass is 16.5. The number of aryl methyl sites for hydroxylation is 1. The number of pyridine rings is 1. The first-order valence-electron chi connectivity index (χ1n) is 9.52. The van der Waals surface area contributed by atoms with Crippen molar-refractivity contribution in [3.8, 4) is 5.75 Å². The second kappa shape index (κ2) is 8.73. The number of hydrogen-bond donors (Lipinski definition) is 3. The Balaban J connectivity index is 1.86. The van der Waals surface area contributed by atoms with Crippen LogP contribution in [-0.4, -0.2) is 30.5 Å². The molecule has 1 aromatic heterocycles. The summed E-state index contributed by atoms with van der Waals surface area (Å²) in [6.45, 7) is 1.71. The predicted molar refractivity (Wildman–Crippen MR) is 108 cm³/mol. The Kier molecular flexibility index (Phi) is 6.13. The molecule has 0 bridgehead atoms. The summed E-state index contributed by atoms with van der Waals surface area (Å²) in [7, 11) is 1.51. The van der Waals surface area contributed by atoms with Crippen molar-refractivity contribution < 1.29 is 19.5 Å². The summed E-state index contributed by atoms with van der Waals surface area (Å²) in [6, 6.07) is 8.70. The van der Waals surface area contributed by atoms with Gasteiger partial charge in [0, 0.05) is 53.4 Å². The van der Waals surface area contributed by atoms with Gasteiger partial charge in [-0.1, -0.05) is 19.3 Å². The smallest absolute Gasteiger partial charge is 0.325 e. The Labute approximate surface area is 164 Å². The number of nitrogens with two attached hydrogens (primary N) is 1. The van der Waals surface area contributed by atoms with Gasteiger partial charge in [-0.2, -0.15) is 0 Å². The highest BCUT2D eigenvalue weighted by molar-refractivity contribution is 6.04. The molecule has 3 rings (SSSR count). The molecule has 1 amide bonds. The van der Waals surface area contributed by atoms with Crippen LogP contribution in [0.15, 0.2) is 35.3 Å². The monoisotopic (exact) mass is 383 g/mol. The number of carbonyl (C=O) groups excluding carboxylic acids is 1. The van der Waals surface area contributed by atoms with Gasteiger partial charge in [0.05, 0.1) is 12.8 Å². The first-order chi connectivity index (χ1) is 13.5. The molecule has 148 valence electrons. The molecule has 7 nitrogen and oxygen atoms in total. The van der Waals surface area contributed by atoms with Gasteiger partial charge in [0.2, 0.25) is 5.69 Å². The van der Waals surface area contributed by atoms with E-state index in [-0.39, 0.29) is 5.69 Å². The van der Waals surface area contributed by atoms with Crippen LogP contribution >= 0.6 is 0 Å². The van der Waals surface area contributed by atoms with Crippen LogP contribution in [0.3, 0.4) is 0 Å². The van der Waals surface area contributed by atoms with Gasteiger partial charge in [0.1, 0.15) is 5.75 Å². The maximum absolute atomic E-state index is 12.6. The van der Waals surface area contributed by atoms with Crippen LogP contribution < -0.4 is 20.5 Å². The largest absolute Gasteiger partial charge is 0.494 e. The molecule has 1 aromatic carbocycles. The zero-order valence-corrected chi connectivity index (χ0v) is 16.3. The zero-order chi connectivity index (χ0) is 20.1. The number of rotatable bonds is 5. The number of carbonyl (C=O) groups is 1. The van der Waals surface area contributed by atoms with Crippen molar-refractivity contribution in [1.82, 2.24) is 0 Å². The molecular formula is C21H27N4O3+. The lowest BCUT2D eigenvalue weighted by Gasteiger charge is -2.17. The van der Waals surface area contributed by atoms with E-state index in [0.717, 1.165) is 23.1 Å². The lowest BCUT2D eigenvalue weighted by molar-refractivity contribution is -0.909. The molecule has 0 spiro atoms. The number of aliphatic imine (C=N–C) groups is 1. The number of amides is 1. The molecule has 7 heteroatoms. The van der Waals surface area contributed by atoms with Crippen molar-refractivity contribution in [2.45, 2.75) is 45.1 Å². The summed E-state index contributed by atoms with van der Waals surface area (Å²) in [5.41, 5.74) is 8.53. The normalized spacial score (nSPS) is 14.9. The molecule has 0 aliphatic heterocycles. The Morgan fingerprint density at radius 3 is 2.79 bits per heavy atom. The molecule has 4 N–H and O–H groups in total. The molecular weight excluding hydrogens is 356 g/mol. The van der Waals surface area contributed by atoms with Crippen molar-refractivity contribution in [3.63, 3.8) is 0 Å². The topological polar surface area (TPSA) is 101 Å².